The predicted molar refractivity (Wildman–Crippen MR) is 95.2 cm³/mol. The molecule has 1 N–H and O–H groups in total. The summed E-state index contributed by atoms with van der Waals surface area (Å²) in [4.78, 5) is 17.0. The first kappa shape index (κ1) is 15.7. The van der Waals surface area contributed by atoms with E-state index in [9.17, 15) is 10.1 Å². The number of anilines is 1. The van der Waals surface area contributed by atoms with Crippen LogP contribution in [0.15, 0.2) is 59.8 Å². The van der Waals surface area contributed by atoms with Crippen LogP contribution in [0.2, 0.25) is 0 Å². The van der Waals surface area contributed by atoms with E-state index in [1.54, 1.807) is 0 Å². The predicted octanol–water partition coefficient (Wildman–Crippen LogP) is 3.76. The van der Waals surface area contributed by atoms with Gasteiger partial charge in [-0.05, 0) is 11.6 Å². The Morgan fingerprint density at radius 3 is 2.75 bits per heavy atom. The molecule has 0 fully saturated rings. The Bertz CT molecular complexity index is 926. The lowest BCUT2D eigenvalue weighted by molar-refractivity contribution is -0.120. The van der Waals surface area contributed by atoms with E-state index in [4.69, 9.17) is 4.84 Å². The molecule has 1 amide bonds. The second-order valence-corrected chi connectivity index (χ2v) is 5.93. The molecule has 0 unspecified atom stereocenters. The van der Waals surface area contributed by atoms with Gasteiger partial charge in [-0.2, -0.15) is 5.26 Å². The standard InChI is InChI=1S/C18H13N3O2S/c19-10-15-14-8-4-5-9-16(14)24-18(15)21-17(22)12-23-20-11-13-6-2-1-3-7-13/h1-9,11H,12H2,(H,21,22)/b20-11-. The largest absolute Gasteiger partial charge is 0.386 e. The number of nitrogens with one attached hydrogen (secondary N) is 1. The summed E-state index contributed by atoms with van der Waals surface area (Å²) in [5, 5.41) is 17.1. The molecule has 0 spiro atoms. The van der Waals surface area contributed by atoms with Crippen LogP contribution in [0.5, 0.6) is 0 Å². The van der Waals surface area contributed by atoms with Crippen molar-refractivity contribution in [3.63, 3.8) is 0 Å². The molecule has 0 bridgehead atoms. The number of fused-ring (bicyclic) bond motifs is 1. The van der Waals surface area contributed by atoms with Gasteiger partial charge in [0, 0.05) is 10.1 Å². The monoisotopic (exact) mass is 335 g/mol. The van der Waals surface area contributed by atoms with Gasteiger partial charge in [-0.3, -0.25) is 4.79 Å². The second kappa shape index (κ2) is 7.40. The maximum absolute atomic E-state index is 12.0. The number of hydrogen-bond acceptors (Lipinski definition) is 5. The van der Waals surface area contributed by atoms with Crippen LogP contribution < -0.4 is 5.32 Å². The number of carbonyl (C=O) groups is 1. The quantitative estimate of drug-likeness (QED) is 0.570. The van der Waals surface area contributed by atoms with Crippen molar-refractivity contribution in [2.45, 2.75) is 0 Å². The Balaban J connectivity index is 1.61. The molecule has 0 aliphatic carbocycles. The summed E-state index contributed by atoms with van der Waals surface area (Å²) in [6.45, 7) is -0.220. The van der Waals surface area contributed by atoms with Gasteiger partial charge >= 0.3 is 0 Å². The molecular formula is C18H13N3O2S. The molecule has 0 aliphatic heterocycles. The third kappa shape index (κ3) is 3.59. The molecule has 1 aromatic heterocycles. The number of benzene rings is 2. The molecule has 0 saturated carbocycles. The van der Waals surface area contributed by atoms with Crippen molar-refractivity contribution in [3.8, 4) is 6.07 Å². The normalized spacial score (nSPS) is 10.6. The molecule has 24 heavy (non-hydrogen) atoms. The van der Waals surface area contributed by atoms with Gasteiger partial charge in [0.25, 0.3) is 5.91 Å². The number of rotatable bonds is 5. The van der Waals surface area contributed by atoms with Gasteiger partial charge in [0.1, 0.15) is 11.1 Å². The SMILES string of the molecule is N#Cc1c(NC(=O)CO/N=C\c2ccccc2)sc2ccccc12. The van der Waals surface area contributed by atoms with Crippen LogP contribution in [-0.2, 0) is 9.63 Å². The van der Waals surface area contributed by atoms with E-state index < -0.39 is 0 Å². The van der Waals surface area contributed by atoms with Crippen molar-refractivity contribution >= 4 is 38.5 Å². The van der Waals surface area contributed by atoms with Gasteiger partial charge in [0.2, 0.25) is 0 Å². The van der Waals surface area contributed by atoms with Crippen LogP contribution in [0.25, 0.3) is 10.1 Å². The maximum atomic E-state index is 12.0. The fourth-order valence-electron chi connectivity index (χ4n) is 2.14. The van der Waals surface area contributed by atoms with Crippen LogP contribution in [-0.4, -0.2) is 18.7 Å². The van der Waals surface area contributed by atoms with E-state index in [1.807, 2.05) is 54.6 Å². The van der Waals surface area contributed by atoms with Gasteiger partial charge in [0.05, 0.1) is 11.8 Å². The minimum absolute atomic E-state index is 0.220. The number of thiophene rings is 1. The first-order valence-corrected chi connectivity index (χ1v) is 8.01. The Morgan fingerprint density at radius 2 is 1.96 bits per heavy atom. The third-order valence-electron chi connectivity index (χ3n) is 3.23. The minimum Gasteiger partial charge on any atom is -0.386 e. The number of carbonyl (C=O) groups excluding carboxylic acids is 1. The van der Waals surface area contributed by atoms with E-state index in [0.29, 0.717) is 10.6 Å². The molecule has 1 heterocycles. The Labute approximate surface area is 142 Å². The Morgan fingerprint density at radius 1 is 1.21 bits per heavy atom. The van der Waals surface area contributed by atoms with Crippen LogP contribution in [0.4, 0.5) is 5.00 Å². The van der Waals surface area contributed by atoms with E-state index in [0.717, 1.165) is 15.6 Å². The van der Waals surface area contributed by atoms with E-state index in [-0.39, 0.29) is 12.5 Å². The van der Waals surface area contributed by atoms with Crippen molar-refractivity contribution in [1.82, 2.24) is 0 Å². The van der Waals surface area contributed by atoms with Gasteiger partial charge in [-0.1, -0.05) is 53.7 Å². The summed E-state index contributed by atoms with van der Waals surface area (Å²) in [5.74, 6) is -0.358. The summed E-state index contributed by atoms with van der Waals surface area (Å²) in [6, 6.07) is 19.1. The molecule has 6 heteroatoms. The minimum atomic E-state index is -0.358. The van der Waals surface area contributed by atoms with Crippen molar-refractivity contribution in [3.05, 3.63) is 65.7 Å². The number of nitriles is 1. The molecule has 3 aromatic rings. The molecule has 3 rings (SSSR count). The smallest absolute Gasteiger partial charge is 0.265 e. The van der Waals surface area contributed by atoms with E-state index >= 15 is 0 Å². The zero-order valence-electron chi connectivity index (χ0n) is 12.6. The fraction of sp³-hybridized carbons (Fsp3) is 0.0556. The molecule has 2 aromatic carbocycles. The van der Waals surface area contributed by atoms with Crippen LogP contribution in [0.3, 0.4) is 0 Å². The highest BCUT2D eigenvalue weighted by molar-refractivity contribution is 7.23. The van der Waals surface area contributed by atoms with E-state index in [2.05, 4.69) is 16.5 Å². The first-order chi connectivity index (χ1) is 11.8. The van der Waals surface area contributed by atoms with Gasteiger partial charge in [-0.15, -0.1) is 11.3 Å². The van der Waals surface area contributed by atoms with Crippen molar-refractivity contribution in [2.24, 2.45) is 5.16 Å². The molecule has 0 saturated heterocycles. The van der Waals surface area contributed by atoms with Crippen LogP contribution in [0, 0.1) is 11.3 Å². The highest BCUT2D eigenvalue weighted by atomic mass is 32.1. The lowest BCUT2D eigenvalue weighted by Gasteiger charge is -2.02. The van der Waals surface area contributed by atoms with Crippen molar-refractivity contribution in [2.75, 3.05) is 11.9 Å². The summed E-state index contributed by atoms with van der Waals surface area (Å²) in [6.07, 6.45) is 1.54. The average Bonchev–Trinajstić information content (AvgIpc) is 2.96. The number of amides is 1. The molecule has 0 radical (unpaired) electrons. The second-order valence-electron chi connectivity index (χ2n) is 4.88. The summed E-state index contributed by atoms with van der Waals surface area (Å²) in [5.41, 5.74) is 1.35. The fourth-order valence-corrected chi connectivity index (χ4v) is 3.21. The zero-order valence-corrected chi connectivity index (χ0v) is 13.4. The zero-order chi connectivity index (χ0) is 16.8. The summed E-state index contributed by atoms with van der Waals surface area (Å²) < 4.78 is 0.951. The van der Waals surface area contributed by atoms with Gasteiger partial charge in [0.15, 0.2) is 6.61 Å². The topological polar surface area (TPSA) is 74.5 Å². The number of oxime groups is 1. The Kier molecular flexibility index (Phi) is 4.84. The van der Waals surface area contributed by atoms with Crippen LogP contribution in [0.1, 0.15) is 11.1 Å². The maximum Gasteiger partial charge on any atom is 0.265 e. The molecule has 0 atom stereocenters. The lowest BCUT2D eigenvalue weighted by atomic mass is 10.2. The van der Waals surface area contributed by atoms with Gasteiger partial charge in [-0.25, -0.2) is 0 Å². The van der Waals surface area contributed by atoms with E-state index in [1.165, 1.54) is 17.6 Å². The lowest BCUT2D eigenvalue weighted by Crippen LogP contribution is -2.16. The third-order valence-corrected chi connectivity index (χ3v) is 4.32. The average molecular weight is 335 g/mol. The first-order valence-electron chi connectivity index (χ1n) is 7.20. The molecule has 5 nitrogen and oxygen atoms in total. The Hall–Kier alpha value is -3.17. The highest BCUT2D eigenvalue weighted by Gasteiger charge is 2.14. The number of hydrogen-bond donors (Lipinski definition) is 1. The van der Waals surface area contributed by atoms with Crippen LogP contribution >= 0.6 is 11.3 Å². The van der Waals surface area contributed by atoms with Crippen molar-refractivity contribution in [1.29, 1.82) is 5.26 Å². The molecular weight excluding hydrogens is 322 g/mol. The van der Waals surface area contributed by atoms with Gasteiger partial charge < -0.3 is 10.2 Å². The summed E-state index contributed by atoms with van der Waals surface area (Å²) in [7, 11) is 0. The molecule has 0 aliphatic rings. The summed E-state index contributed by atoms with van der Waals surface area (Å²) >= 11 is 1.36. The molecule has 118 valence electrons. The number of nitrogens with zero attached hydrogens (tertiary/aromatic N) is 2. The highest BCUT2D eigenvalue weighted by Crippen LogP contribution is 2.34. The van der Waals surface area contributed by atoms with Crippen molar-refractivity contribution < 1.29 is 9.63 Å².